The number of ether oxygens (including phenoxy) is 1. The van der Waals surface area contributed by atoms with Gasteiger partial charge in [-0.25, -0.2) is 4.79 Å². The van der Waals surface area contributed by atoms with Crippen molar-refractivity contribution in [3.05, 3.63) is 38.9 Å². The van der Waals surface area contributed by atoms with Crippen LogP contribution >= 0.6 is 0 Å². The molecule has 0 amide bonds. The quantitative estimate of drug-likeness (QED) is 0.486. The third kappa shape index (κ3) is 2.44. The molecule has 18 heavy (non-hydrogen) atoms. The van der Waals surface area contributed by atoms with Crippen molar-refractivity contribution < 1.29 is 19.6 Å². The predicted molar refractivity (Wildman–Crippen MR) is 59.7 cm³/mol. The van der Waals surface area contributed by atoms with Gasteiger partial charge in [0.1, 0.15) is 6.07 Å². The molecule has 0 aromatic heterocycles. The molecule has 1 aromatic carbocycles. The molecule has 0 aliphatic rings. The first kappa shape index (κ1) is 13.6. The second-order valence-corrected chi connectivity index (χ2v) is 3.24. The summed E-state index contributed by atoms with van der Waals surface area (Å²) >= 11 is 0. The molecule has 0 bridgehead atoms. The van der Waals surface area contributed by atoms with E-state index in [0.717, 1.165) is 6.07 Å². The lowest BCUT2D eigenvalue weighted by molar-refractivity contribution is -0.385. The highest BCUT2D eigenvalue weighted by Gasteiger charge is 2.27. The number of rotatable bonds is 4. The first-order valence-electron chi connectivity index (χ1n) is 5.05. The molecular weight excluding hydrogens is 240 g/mol. The van der Waals surface area contributed by atoms with E-state index in [9.17, 15) is 14.9 Å². The number of hydrogen-bond donors (Lipinski definition) is 1. The van der Waals surface area contributed by atoms with E-state index < -0.39 is 28.8 Å². The van der Waals surface area contributed by atoms with Crippen molar-refractivity contribution >= 4 is 11.7 Å². The average Bonchev–Trinajstić information content (AvgIpc) is 2.36. The molecule has 1 rings (SSSR count). The molecule has 7 nitrogen and oxygen atoms in total. The highest BCUT2D eigenvalue weighted by atomic mass is 16.6. The van der Waals surface area contributed by atoms with Gasteiger partial charge in [0.25, 0.3) is 5.69 Å². The Hall–Kier alpha value is -2.46. The number of aliphatic hydroxyl groups is 1. The van der Waals surface area contributed by atoms with E-state index in [-0.39, 0.29) is 17.7 Å². The van der Waals surface area contributed by atoms with E-state index in [2.05, 4.69) is 4.74 Å². The molecule has 0 aliphatic heterocycles. The molecule has 1 aromatic rings. The minimum absolute atomic E-state index is 0.0320. The predicted octanol–water partition coefficient (Wildman–Crippen LogP) is 1.14. The third-order valence-electron chi connectivity index (χ3n) is 2.23. The number of nitrogens with zero attached hydrogens (tertiary/aromatic N) is 2. The van der Waals surface area contributed by atoms with Gasteiger partial charge in [0.15, 0.2) is 5.56 Å². The zero-order valence-electron chi connectivity index (χ0n) is 9.54. The maximum atomic E-state index is 11.7. The van der Waals surface area contributed by atoms with Crippen LogP contribution in [0.2, 0.25) is 0 Å². The Kier molecular flexibility index (Phi) is 4.34. The van der Waals surface area contributed by atoms with Crippen LogP contribution in [0.3, 0.4) is 0 Å². The molecule has 0 fully saturated rings. The lowest BCUT2D eigenvalue weighted by Gasteiger charge is -2.07. The number of hydrogen-bond acceptors (Lipinski definition) is 6. The van der Waals surface area contributed by atoms with E-state index in [1.165, 1.54) is 6.07 Å². The van der Waals surface area contributed by atoms with Gasteiger partial charge in [-0.1, -0.05) is 0 Å². The number of esters is 1. The van der Waals surface area contributed by atoms with E-state index in [1.807, 2.05) is 0 Å². The number of nitro benzene ring substituents is 1. The summed E-state index contributed by atoms with van der Waals surface area (Å²) in [6.07, 6.45) is 0. The van der Waals surface area contributed by atoms with Gasteiger partial charge in [-0.3, -0.25) is 10.1 Å². The molecule has 0 spiro atoms. The van der Waals surface area contributed by atoms with E-state index in [0.29, 0.717) is 0 Å². The van der Waals surface area contributed by atoms with E-state index in [1.54, 1.807) is 13.0 Å². The lowest BCUT2D eigenvalue weighted by Crippen LogP contribution is -2.12. The van der Waals surface area contributed by atoms with Gasteiger partial charge in [0.2, 0.25) is 0 Å². The van der Waals surface area contributed by atoms with Gasteiger partial charge in [-0.05, 0) is 18.6 Å². The molecule has 1 N–H and O–H groups in total. The van der Waals surface area contributed by atoms with Crippen LogP contribution in [0.25, 0.3) is 0 Å². The number of benzene rings is 1. The van der Waals surface area contributed by atoms with Crippen LogP contribution in [0.1, 0.15) is 28.4 Å². The van der Waals surface area contributed by atoms with Gasteiger partial charge in [-0.2, -0.15) is 5.26 Å². The standard InChI is InChI=1S/C11H10N2O5/c1-2-18-11(15)10-8(5-12)7(6-14)3-4-9(10)13(16)17/h3-4,14H,2,6H2,1H3. The summed E-state index contributed by atoms with van der Waals surface area (Å²) in [5.74, 6) is -0.948. The summed E-state index contributed by atoms with van der Waals surface area (Å²) < 4.78 is 4.68. The van der Waals surface area contributed by atoms with Crippen LogP contribution in [-0.2, 0) is 11.3 Å². The molecule has 0 heterocycles. The van der Waals surface area contributed by atoms with Crippen molar-refractivity contribution in [2.45, 2.75) is 13.5 Å². The number of carbonyl (C=O) groups excluding carboxylic acids is 1. The molecule has 94 valence electrons. The normalized spacial score (nSPS) is 9.61. The largest absolute Gasteiger partial charge is 0.462 e. The summed E-state index contributed by atoms with van der Waals surface area (Å²) in [6, 6.07) is 3.99. The summed E-state index contributed by atoms with van der Waals surface area (Å²) in [6.45, 7) is 1.09. The van der Waals surface area contributed by atoms with Gasteiger partial charge in [0, 0.05) is 6.07 Å². The van der Waals surface area contributed by atoms with Gasteiger partial charge >= 0.3 is 5.97 Å². The molecule has 0 saturated heterocycles. The SMILES string of the molecule is CCOC(=O)c1c([N+](=O)[O-])ccc(CO)c1C#N. The summed E-state index contributed by atoms with van der Waals surface area (Å²) in [5, 5.41) is 28.8. The molecule has 0 atom stereocenters. The fourth-order valence-electron chi connectivity index (χ4n) is 1.46. The van der Waals surface area contributed by atoms with Crippen LogP contribution in [0.5, 0.6) is 0 Å². The zero-order valence-corrected chi connectivity index (χ0v) is 9.54. The maximum Gasteiger partial charge on any atom is 0.346 e. The van der Waals surface area contributed by atoms with Crippen molar-refractivity contribution in [2.75, 3.05) is 6.61 Å². The lowest BCUT2D eigenvalue weighted by atomic mass is 10.0. The van der Waals surface area contributed by atoms with Crippen molar-refractivity contribution in [3.63, 3.8) is 0 Å². The molecular formula is C11H10N2O5. The Morgan fingerprint density at radius 3 is 2.72 bits per heavy atom. The van der Waals surface area contributed by atoms with Crippen LogP contribution in [0.4, 0.5) is 5.69 Å². The van der Waals surface area contributed by atoms with E-state index in [4.69, 9.17) is 10.4 Å². The summed E-state index contributed by atoms with van der Waals surface area (Å²) in [5.41, 5.74) is -1.02. The minimum Gasteiger partial charge on any atom is -0.462 e. The number of nitro groups is 1. The van der Waals surface area contributed by atoms with Crippen LogP contribution in [0, 0.1) is 21.4 Å². The maximum absolute atomic E-state index is 11.7. The summed E-state index contributed by atoms with van der Waals surface area (Å²) in [4.78, 5) is 21.7. The Bertz CT molecular complexity index is 533. The molecule has 0 aliphatic carbocycles. The van der Waals surface area contributed by atoms with Crippen LogP contribution < -0.4 is 0 Å². The Labute approximate surface area is 102 Å². The van der Waals surface area contributed by atoms with Crippen LogP contribution in [-0.4, -0.2) is 22.6 Å². The average molecular weight is 250 g/mol. The third-order valence-corrected chi connectivity index (χ3v) is 2.23. The Morgan fingerprint density at radius 1 is 1.61 bits per heavy atom. The fraction of sp³-hybridized carbons (Fsp3) is 0.273. The molecule has 7 heteroatoms. The van der Waals surface area contributed by atoms with Crippen molar-refractivity contribution in [3.8, 4) is 6.07 Å². The molecule has 0 saturated carbocycles. The fourth-order valence-corrected chi connectivity index (χ4v) is 1.46. The van der Waals surface area contributed by atoms with Crippen molar-refractivity contribution in [1.29, 1.82) is 5.26 Å². The Morgan fingerprint density at radius 2 is 2.28 bits per heavy atom. The van der Waals surface area contributed by atoms with Gasteiger partial charge in [-0.15, -0.1) is 0 Å². The zero-order chi connectivity index (χ0) is 13.7. The molecule has 0 radical (unpaired) electrons. The number of nitriles is 1. The second-order valence-electron chi connectivity index (χ2n) is 3.24. The minimum atomic E-state index is -0.948. The van der Waals surface area contributed by atoms with Gasteiger partial charge < -0.3 is 9.84 Å². The van der Waals surface area contributed by atoms with Crippen LogP contribution in [0.15, 0.2) is 12.1 Å². The molecule has 0 unspecified atom stereocenters. The Balaban J connectivity index is 3.54. The topological polar surface area (TPSA) is 113 Å². The monoisotopic (exact) mass is 250 g/mol. The van der Waals surface area contributed by atoms with Gasteiger partial charge in [0.05, 0.1) is 23.7 Å². The van der Waals surface area contributed by atoms with Crippen molar-refractivity contribution in [1.82, 2.24) is 0 Å². The first-order valence-corrected chi connectivity index (χ1v) is 5.05. The smallest absolute Gasteiger partial charge is 0.346 e. The number of carbonyl (C=O) groups is 1. The highest BCUT2D eigenvalue weighted by molar-refractivity contribution is 5.97. The first-order chi connectivity index (χ1) is 8.56. The summed E-state index contributed by atoms with van der Waals surface area (Å²) in [7, 11) is 0. The number of aliphatic hydroxyl groups excluding tert-OH is 1. The van der Waals surface area contributed by atoms with E-state index >= 15 is 0 Å². The van der Waals surface area contributed by atoms with Crippen molar-refractivity contribution in [2.24, 2.45) is 0 Å². The second kappa shape index (κ2) is 5.75. The highest BCUT2D eigenvalue weighted by Crippen LogP contribution is 2.26.